The van der Waals surface area contributed by atoms with Gasteiger partial charge in [0.05, 0.1) is 0 Å². The standard InChI is InChI=1S/C14H13O2.Ni/c15-11-10-12-6-4-5-9-14(12)16-13-7-2-1-3-8-13;/h1-9,11,15H,10H2;. The molecule has 0 fully saturated rings. The quantitative estimate of drug-likeness (QED) is 0.867. The van der Waals surface area contributed by atoms with Gasteiger partial charge in [-0.1, -0.05) is 0 Å². The zero-order valence-corrected chi connectivity index (χ0v) is 10.1. The Balaban J connectivity index is 2.20. The van der Waals surface area contributed by atoms with E-state index in [1.165, 1.54) is 0 Å². The monoisotopic (exact) mass is 271 g/mol. The fraction of sp³-hybridized carbons (Fsp3) is 0.143. The van der Waals surface area contributed by atoms with Gasteiger partial charge in [-0.3, -0.25) is 0 Å². The number of hydrogen-bond donors (Lipinski definition) is 1. The second kappa shape index (κ2) is 5.85. The summed E-state index contributed by atoms with van der Waals surface area (Å²) in [5, 5.41) is 8.53. The summed E-state index contributed by atoms with van der Waals surface area (Å²) in [6.07, 6.45) is 0.434. The number of rotatable bonds is 4. The van der Waals surface area contributed by atoms with Crippen molar-refractivity contribution in [1.29, 1.82) is 0 Å². The van der Waals surface area contributed by atoms with Gasteiger partial charge in [-0.05, 0) is 0 Å². The van der Waals surface area contributed by atoms with Crippen molar-refractivity contribution in [2.24, 2.45) is 0 Å². The molecule has 1 unspecified atom stereocenters. The van der Waals surface area contributed by atoms with Crippen molar-refractivity contribution >= 4 is 0 Å². The first-order chi connectivity index (χ1) is 8.25. The van der Waals surface area contributed by atoms with Crippen molar-refractivity contribution in [3.8, 4) is 11.5 Å². The van der Waals surface area contributed by atoms with Crippen LogP contribution in [-0.4, -0.2) is 10.2 Å². The van der Waals surface area contributed by atoms with E-state index < -0.39 is 5.07 Å². The van der Waals surface area contributed by atoms with Crippen LogP contribution in [0, 0.1) is 0 Å². The van der Waals surface area contributed by atoms with E-state index >= 15 is 0 Å². The third kappa shape index (κ3) is 3.59. The van der Waals surface area contributed by atoms with Crippen molar-refractivity contribution in [2.75, 3.05) is 0 Å². The van der Waals surface area contributed by atoms with Gasteiger partial charge in [0.2, 0.25) is 0 Å². The number of aliphatic hydroxyl groups is 1. The van der Waals surface area contributed by atoms with E-state index in [4.69, 9.17) is 4.74 Å². The maximum absolute atomic E-state index is 9.27. The van der Waals surface area contributed by atoms with E-state index in [1.807, 2.05) is 54.6 Å². The van der Waals surface area contributed by atoms with Crippen LogP contribution < -0.4 is 4.74 Å². The average molecular weight is 272 g/mol. The average Bonchev–Trinajstić information content (AvgIpc) is 2.32. The number of hydrogen-bond acceptors (Lipinski definition) is 2. The predicted octanol–water partition coefficient (Wildman–Crippen LogP) is 2.89. The van der Waals surface area contributed by atoms with Crippen LogP contribution in [0.2, 0.25) is 0 Å². The molecule has 0 aliphatic heterocycles. The van der Waals surface area contributed by atoms with Crippen LogP contribution in [0.15, 0.2) is 54.6 Å². The molecule has 91 valence electrons. The Morgan fingerprint density at radius 3 is 2.35 bits per heavy atom. The Labute approximate surface area is 109 Å². The summed E-state index contributed by atoms with van der Waals surface area (Å²) in [7, 11) is 0. The first-order valence-corrected chi connectivity index (χ1v) is 5.92. The Morgan fingerprint density at radius 1 is 1.00 bits per heavy atom. The van der Waals surface area contributed by atoms with E-state index in [9.17, 15) is 5.11 Å². The molecule has 0 saturated carbocycles. The summed E-state index contributed by atoms with van der Waals surface area (Å²) in [6.45, 7) is 0. The fourth-order valence-corrected chi connectivity index (χ4v) is 1.77. The molecule has 1 atom stereocenters. The maximum atomic E-state index is 9.27. The van der Waals surface area contributed by atoms with Crippen LogP contribution in [0.5, 0.6) is 11.5 Å². The summed E-state index contributed by atoms with van der Waals surface area (Å²) in [5.41, 5.74) is 0.926. The molecule has 0 aromatic heterocycles. The molecule has 0 spiro atoms. The minimum absolute atomic E-state index is 0.434. The van der Waals surface area contributed by atoms with Crippen LogP contribution in [0.4, 0.5) is 0 Å². The molecule has 2 nitrogen and oxygen atoms in total. The SMILES string of the molecule is O[CH]([Ni])Cc1ccccc1Oc1ccccc1. The number of para-hydroxylation sites is 2. The van der Waals surface area contributed by atoms with Gasteiger partial charge in [-0.15, -0.1) is 0 Å². The van der Waals surface area contributed by atoms with Gasteiger partial charge in [0.15, 0.2) is 0 Å². The van der Waals surface area contributed by atoms with Crippen LogP contribution in [0.25, 0.3) is 0 Å². The second-order valence-corrected chi connectivity index (χ2v) is 4.28. The second-order valence-electron chi connectivity index (χ2n) is 3.62. The molecule has 2 rings (SSSR count). The van der Waals surface area contributed by atoms with E-state index in [1.54, 1.807) is 0 Å². The first-order valence-electron chi connectivity index (χ1n) is 5.35. The fourth-order valence-electron chi connectivity index (χ4n) is 1.56. The molecule has 2 aromatic rings. The van der Waals surface area contributed by atoms with Crippen molar-refractivity contribution in [3.63, 3.8) is 0 Å². The van der Waals surface area contributed by atoms with Crippen molar-refractivity contribution < 1.29 is 25.3 Å². The summed E-state index contributed by atoms with van der Waals surface area (Å²) in [4.78, 5) is 0. The Bertz CT molecular complexity index is 469. The van der Waals surface area contributed by atoms with Crippen LogP contribution in [0.3, 0.4) is 0 Å². The zero-order chi connectivity index (χ0) is 12.1. The van der Waals surface area contributed by atoms with Crippen LogP contribution >= 0.6 is 0 Å². The minimum atomic E-state index is -0.740. The molecule has 3 heteroatoms. The summed E-state index contributed by atoms with van der Waals surface area (Å²) in [6, 6.07) is 17.2. The van der Waals surface area contributed by atoms with Gasteiger partial charge in [-0.25, -0.2) is 0 Å². The molecule has 0 heterocycles. The molecule has 1 N–H and O–H groups in total. The van der Waals surface area contributed by atoms with Crippen LogP contribution in [-0.2, 0) is 21.9 Å². The third-order valence-corrected chi connectivity index (χ3v) is 2.52. The van der Waals surface area contributed by atoms with E-state index in [0.717, 1.165) is 17.1 Å². The van der Waals surface area contributed by atoms with Gasteiger partial charge in [0, 0.05) is 0 Å². The molecule has 0 amide bonds. The van der Waals surface area contributed by atoms with E-state index in [0.29, 0.717) is 6.42 Å². The molecular weight excluding hydrogens is 259 g/mol. The molecular formula is C14H13NiO2. The molecule has 0 aliphatic rings. The molecule has 2 aromatic carbocycles. The van der Waals surface area contributed by atoms with Crippen LogP contribution in [0.1, 0.15) is 5.56 Å². The third-order valence-electron chi connectivity index (χ3n) is 2.32. The number of ether oxygens (including phenoxy) is 1. The van der Waals surface area contributed by atoms with Gasteiger partial charge < -0.3 is 0 Å². The number of benzene rings is 2. The molecule has 0 radical (unpaired) electrons. The molecule has 0 saturated heterocycles. The Hall–Kier alpha value is -1.31. The zero-order valence-electron chi connectivity index (χ0n) is 9.15. The van der Waals surface area contributed by atoms with Crippen molar-refractivity contribution in [3.05, 3.63) is 60.2 Å². The summed E-state index contributed by atoms with van der Waals surface area (Å²) >= 11 is 4.48. The molecule has 17 heavy (non-hydrogen) atoms. The first kappa shape index (κ1) is 12.2. The summed E-state index contributed by atoms with van der Waals surface area (Å²) in [5.74, 6) is 1.53. The van der Waals surface area contributed by atoms with Crippen molar-refractivity contribution in [1.82, 2.24) is 0 Å². The van der Waals surface area contributed by atoms with Gasteiger partial charge in [-0.2, -0.15) is 0 Å². The van der Waals surface area contributed by atoms with Crippen molar-refractivity contribution in [2.45, 2.75) is 11.5 Å². The predicted molar refractivity (Wildman–Crippen MR) is 62.7 cm³/mol. The number of aliphatic hydroxyl groups excluding tert-OH is 1. The normalized spacial score (nSPS) is 12.2. The topological polar surface area (TPSA) is 29.5 Å². The van der Waals surface area contributed by atoms with E-state index in [-0.39, 0.29) is 0 Å². The summed E-state index contributed by atoms with van der Waals surface area (Å²) < 4.78 is 5.76. The van der Waals surface area contributed by atoms with Gasteiger partial charge in [0.25, 0.3) is 0 Å². The molecule has 0 bridgehead atoms. The Kier molecular flexibility index (Phi) is 4.19. The Morgan fingerprint density at radius 2 is 1.65 bits per heavy atom. The molecule has 0 aliphatic carbocycles. The van der Waals surface area contributed by atoms with Gasteiger partial charge >= 0.3 is 108 Å². The van der Waals surface area contributed by atoms with Gasteiger partial charge in [0.1, 0.15) is 0 Å². The van der Waals surface area contributed by atoms with E-state index in [2.05, 4.69) is 15.5 Å².